The van der Waals surface area contributed by atoms with Crippen LogP contribution in [0, 0.1) is 0 Å². The van der Waals surface area contributed by atoms with Crippen LogP contribution in [0.4, 0.5) is 16.2 Å². The summed E-state index contributed by atoms with van der Waals surface area (Å²) in [5.41, 5.74) is 2.15. The summed E-state index contributed by atoms with van der Waals surface area (Å²) in [6.07, 6.45) is 4.02. The number of rotatable bonds is 5. The first-order valence-electron chi connectivity index (χ1n) is 9.94. The second kappa shape index (κ2) is 8.39. The molecule has 9 heteroatoms. The van der Waals surface area contributed by atoms with Crippen LogP contribution in [0.2, 0.25) is 0 Å². The van der Waals surface area contributed by atoms with Crippen LogP contribution in [0.1, 0.15) is 40.5 Å². The maximum absolute atomic E-state index is 12.0. The summed E-state index contributed by atoms with van der Waals surface area (Å²) in [5, 5.41) is 23.7. The van der Waals surface area contributed by atoms with Crippen molar-refractivity contribution in [1.29, 1.82) is 0 Å². The number of aromatic nitrogens is 2. The number of piperidine rings is 1. The molecular weight excluding hydrogens is 438 g/mol. The molecule has 0 aromatic carbocycles. The highest BCUT2D eigenvalue weighted by molar-refractivity contribution is 9.10. The van der Waals surface area contributed by atoms with Crippen LogP contribution in [0.3, 0.4) is 0 Å². The molecule has 1 aliphatic rings. The number of halogens is 1. The Balaban J connectivity index is 1.98. The summed E-state index contributed by atoms with van der Waals surface area (Å²) >= 11 is 3.65. The Labute approximate surface area is 179 Å². The lowest BCUT2D eigenvalue weighted by Gasteiger charge is -2.45. The van der Waals surface area contributed by atoms with Gasteiger partial charge >= 0.3 is 6.09 Å². The van der Waals surface area contributed by atoms with E-state index >= 15 is 0 Å². The Hall–Kier alpha value is -2.00. The quantitative estimate of drug-likeness (QED) is 0.531. The van der Waals surface area contributed by atoms with Crippen molar-refractivity contribution in [3.05, 3.63) is 16.9 Å². The molecule has 2 atom stereocenters. The molecule has 2 aromatic rings. The minimum absolute atomic E-state index is 0.0934. The third kappa shape index (κ3) is 4.61. The van der Waals surface area contributed by atoms with Gasteiger partial charge in [-0.2, -0.15) is 0 Å². The van der Waals surface area contributed by atoms with E-state index in [-0.39, 0.29) is 6.04 Å². The normalized spacial score (nSPS) is 18.7. The lowest BCUT2D eigenvalue weighted by atomic mass is 9.97. The van der Waals surface area contributed by atoms with Crippen LogP contribution in [-0.4, -0.2) is 68.5 Å². The number of aliphatic hydroxyl groups excluding tert-OH is 1. The average Bonchev–Trinajstić information content (AvgIpc) is 3.01. The van der Waals surface area contributed by atoms with Gasteiger partial charge in [-0.1, -0.05) is 0 Å². The topological polar surface area (TPSA) is 105 Å². The molecule has 4 N–H and O–H groups in total. The monoisotopic (exact) mass is 467 g/mol. The first-order valence-corrected chi connectivity index (χ1v) is 10.7. The summed E-state index contributed by atoms with van der Waals surface area (Å²) in [6, 6.07) is -0.0934. The van der Waals surface area contributed by atoms with E-state index in [0.29, 0.717) is 13.1 Å². The van der Waals surface area contributed by atoms with Gasteiger partial charge in [0.15, 0.2) is 0 Å². The number of carbonyl (C=O) groups is 1. The number of anilines is 2. The third-order valence-electron chi connectivity index (χ3n) is 5.22. The number of carboxylic acid groups (broad SMARTS) is 1. The van der Waals surface area contributed by atoms with Crippen molar-refractivity contribution < 1.29 is 15.0 Å². The summed E-state index contributed by atoms with van der Waals surface area (Å²) < 4.78 is 0.864. The number of hydrogen-bond acceptors (Lipinski definition) is 5. The zero-order valence-corrected chi connectivity index (χ0v) is 19.0. The molecule has 1 aliphatic heterocycles. The van der Waals surface area contributed by atoms with Gasteiger partial charge < -0.3 is 25.4 Å². The molecule has 1 fully saturated rings. The van der Waals surface area contributed by atoms with Crippen molar-refractivity contribution in [2.75, 3.05) is 29.9 Å². The fourth-order valence-electron chi connectivity index (χ4n) is 4.12. The second-order valence-electron chi connectivity index (χ2n) is 8.68. The fourth-order valence-corrected chi connectivity index (χ4v) is 4.67. The first-order chi connectivity index (χ1) is 13.6. The number of aliphatic hydroxyl groups is 1. The predicted molar refractivity (Wildman–Crippen MR) is 119 cm³/mol. The predicted octanol–water partition coefficient (Wildman–Crippen LogP) is 3.87. The third-order valence-corrected chi connectivity index (χ3v) is 5.80. The van der Waals surface area contributed by atoms with Gasteiger partial charge in [0.2, 0.25) is 0 Å². The van der Waals surface area contributed by atoms with Gasteiger partial charge in [-0.3, -0.25) is 4.90 Å². The zero-order chi connectivity index (χ0) is 21.3. The number of aromatic amines is 1. The Morgan fingerprint density at radius 3 is 2.86 bits per heavy atom. The number of amides is 1. The molecule has 160 valence electrons. The zero-order valence-electron chi connectivity index (χ0n) is 17.4. The number of fused-ring (bicyclic) bond motifs is 1. The molecule has 0 bridgehead atoms. The Morgan fingerprint density at radius 2 is 2.24 bits per heavy atom. The molecule has 0 radical (unpaired) electrons. The average molecular weight is 468 g/mol. The number of nitrogens with one attached hydrogen (secondary N) is 2. The van der Waals surface area contributed by atoms with Crippen molar-refractivity contribution in [2.45, 2.75) is 58.2 Å². The van der Waals surface area contributed by atoms with E-state index in [0.717, 1.165) is 46.3 Å². The molecule has 3 heterocycles. The summed E-state index contributed by atoms with van der Waals surface area (Å²) in [5.74, 6) is 0. The Kier molecular flexibility index (Phi) is 6.28. The Morgan fingerprint density at radius 1 is 1.52 bits per heavy atom. The molecule has 1 saturated heterocycles. The van der Waals surface area contributed by atoms with E-state index in [4.69, 9.17) is 0 Å². The summed E-state index contributed by atoms with van der Waals surface area (Å²) in [4.78, 5) is 23.5. The molecule has 0 unspecified atom stereocenters. The van der Waals surface area contributed by atoms with E-state index in [1.54, 1.807) is 18.0 Å². The maximum Gasteiger partial charge on any atom is 0.408 e. The molecule has 2 aromatic heterocycles. The van der Waals surface area contributed by atoms with Gasteiger partial charge in [0, 0.05) is 37.6 Å². The van der Waals surface area contributed by atoms with Gasteiger partial charge in [-0.15, -0.1) is 0 Å². The van der Waals surface area contributed by atoms with E-state index in [1.807, 2.05) is 27.0 Å². The second-order valence-corrected chi connectivity index (χ2v) is 9.53. The first kappa shape index (κ1) is 21.7. The summed E-state index contributed by atoms with van der Waals surface area (Å²) in [7, 11) is 0. The molecule has 29 heavy (non-hydrogen) atoms. The van der Waals surface area contributed by atoms with E-state index in [2.05, 4.69) is 36.1 Å². The van der Waals surface area contributed by atoms with Crippen LogP contribution >= 0.6 is 15.9 Å². The lowest BCUT2D eigenvalue weighted by Crippen LogP contribution is -2.56. The minimum atomic E-state index is -0.885. The highest BCUT2D eigenvalue weighted by Crippen LogP contribution is 2.39. The van der Waals surface area contributed by atoms with Crippen LogP contribution in [0.5, 0.6) is 0 Å². The molecule has 0 saturated carbocycles. The van der Waals surface area contributed by atoms with E-state index in [9.17, 15) is 15.0 Å². The van der Waals surface area contributed by atoms with Gasteiger partial charge in [0.05, 0.1) is 33.4 Å². The molecular formula is C20H30BrN5O3. The van der Waals surface area contributed by atoms with E-state index in [1.165, 1.54) is 0 Å². The number of hydrogen-bond donors (Lipinski definition) is 4. The number of pyridine rings is 1. The SMILES string of the molecule is C[C@H](O)CNc1c[nH]c2ncc(Br)c(N3CCC[C@@H](N(C(=O)O)C(C)(C)C)C3)c12. The van der Waals surface area contributed by atoms with Crippen LogP contribution in [0.25, 0.3) is 11.0 Å². The minimum Gasteiger partial charge on any atom is -0.465 e. The van der Waals surface area contributed by atoms with Crippen LogP contribution in [-0.2, 0) is 0 Å². The molecule has 1 amide bonds. The van der Waals surface area contributed by atoms with Crippen molar-refractivity contribution >= 4 is 44.4 Å². The van der Waals surface area contributed by atoms with Crippen molar-refractivity contribution in [3.63, 3.8) is 0 Å². The lowest BCUT2D eigenvalue weighted by molar-refractivity contribution is 0.0648. The van der Waals surface area contributed by atoms with Crippen LogP contribution < -0.4 is 10.2 Å². The van der Waals surface area contributed by atoms with Gasteiger partial charge in [0.25, 0.3) is 0 Å². The van der Waals surface area contributed by atoms with Gasteiger partial charge in [0.1, 0.15) is 5.65 Å². The molecule has 3 rings (SSSR count). The smallest absolute Gasteiger partial charge is 0.408 e. The van der Waals surface area contributed by atoms with Crippen molar-refractivity contribution in [1.82, 2.24) is 14.9 Å². The van der Waals surface area contributed by atoms with Crippen LogP contribution in [0.15, 0.2) is 16.9 Å². The van der Waals surface area contributed by atoms with Gasteiger partial charge in [-0.25, -0.2) is 9.78 Å². The fraction of sp³-hybridized carbons (Fsp3) is 0.600. The highest BCUT2D eigenvalue weighted by Gasteiger charge is 2.36. The maximum atomic E-state index is 12.0. The standard InChI is InChI=1S/C20H30BrN5O3/c1-12(27)8-22-15-10-24-18-16(15)17(14(21)9-23-18)25-7-5-6-13(11-25)26(19(28)29)20(2,3)4/h9-10,12-13,22,27H,5-8,11H2,1-4H3,(H,23,24)(H,28,29)/t12-,13+/m0/s1. The summed E-state index contributed by atoms with van der Waals surface area (Å²) in [6.45, 7) is 9.42. The highest BCUT2D eigenvalue weighted by atomic mass is 79.9. The van der Waals surface area contributed by atoms with Crippen molar-refractivity contribution in [2.24, 2.45) is 0 Å². The van der Waals surface area contributed by atoms with Crippen molar-refractivity contribution in [3.8, 4) is 0 Å². The molecule has 0 spiro atoms. The molecule has 0 aliphatic carbocycles. The van der Waals surface area contributed by atoms with E-state index < -0.39 is 17.7 Å². The largest absolute Gasteiger partial charge is 0.465 e. The number of nitrogens with zero attached hydrogens (tertiary/aromatic N) is 3. The molecule has 8 nitrogen and oxygen atoms in total. The number of H-pyrrole nitrogens is 1. The Bertz CT molecular complexity index is 877. The van der Waals surface area contributed by atoms with Gasteiger partial charge in [-0.05, 0) is 56.5 Å².